The summed E-state index contributed by atoms with van der Waals surface area (Å²) >= 11 is 5.94. The molecule has 2 aromatic rings. The molecule has 3 atom stereocenters. The molecule has 1 saturated heterocycles. The summed E-state index contributed by atoms with van der Waals surface area (Å²) in [5.41, 5.74) is 0.413. The number of Topliss-reactive ketones (excluding diaryl/α,β-unsaturated/α-hetero) is 1. The molecule has 0 unspecified atom stereocenters. The Labute approximate surface area is 178 Å². The fraction of sp³-hybridized carbons (Fsp3) is 0.524. The van der Waals surface area contributed by atoms with Crippen LogP contribution in [-0.4, -0.2) is 40.6 Å². The van der Waals surface area contributed by atoms with Gasteiger partial charge in [0.15, 0.2) is 11.9 Å². The molecule has 9 heteroatoms. The molecule has 2 aliphatic heterocycles. The largest absolute Gasteiger partial charge is 0.479 e. The van der Waals surface area contributed by atoms with Gasteiger partial charge in [-0.25, -0.2) is 0 Å². The Bertz CT molecular complexity index is 965. The van der Waals surface area contributed by atoms with Crippen molar-refractivity contribution < 1.29 is 23.5 Å². The maximum Gasteiger partial charge on any atom is 0.261 e. The van der Waals surface area contributed by atoms with Crippen molar-refractivity contribution in [3.63, 3.8) is 0 Å². The monoisotopic (exact) mass is 431 g/mol. The van der Waals surface area contributed by atoms with Crippen molar-refractivity contribution in [2.45, 2.75) is 62.7 Å². The SMILES string of the molecule is O=C1C[C@H](C(=O)N[C@@H]2CC[C@@H](c3nnc(C4CCC4)o3)OC2)Oc2ccc(Cl)cc21. The van der Waals surface area contributed by atoms with Gasteiger partial charge in [0.05, 0.1) is 24.6 Å². The smallest absolute Gasteiger partial charge is 0.261 e. The molecule has 158 valence electrons. The lowest BCUT2D eigenvalue weighted by Crippen LogP contribution is -2.48. The number of benzene rings is 1. The summed E-state index contributed by atoms with van der Waals surface area (Å²) in [5, 5.41) is 11.7. The standard InChI is InChI=1S/C21H22ClN3O5/c22-12-4-6-16-14(8-12)15(26)9-18(29-16)19(27)23-13-5-7-17(28-10-13)21-25-24-20(30-21)11-2-1-3-11/h4,6,8,11,13,17-18H,1-3,5,7,9-10H2,(H,23,27)/t13-,17+,18-/m1/s1. The van der Waals surface area contributed by atoms with Crippen molar-refractivity contribution in [3.8, 4) is 5.75 Å². The lowest BCUT2D eigenvalue weighted by atomic mass is 9.85. The van der Waals surface area contributed by atoms with Crippen molar-refractivity contribution in [2.75, 3.05) is 6.61 Å². The molecule has 1 saturated carbocycles. The highest BCUT2D eigenvalue weighted by molar-refractivity contribution is 6.31. The quantitative estimate of drug-likeness (QED) is 0.791. The Morgan fingerprint density at radius 3 is 2.70 bits per heavy atom. The summed E-state index contributed by atoms with van der Waals surface area (Å²) < 4.78 is 17.4. The van der Waals surface area contributed by atoms with Crippen molar-refractivity contribution in [1.82, 2.24) is 15.5 Å². The van der Waals surface area contributed by atoms with Gasteiger partial charge >= 0.3 is 0 Å². The van der Waals surface area contributed by atoms with Crippen LogP contribution in [0.3, 0.4) is 0 Å². The van der Waals surface area contributed by atoms with Gasteiger partial charge in [-0.2, -0.15) is 0 Å². The molecule has 1 N–H and O–H groups in total. The zero-order chi connectivity index (χ0) is 20.7. The first-order valence-corrected chi connectivity index (χ1v) is 10.7. The maximum atomic E-state index is 12.6. The van der Waals surface area contributed by atoms with Gasteiger partial charge in [0.1, 0.15) is 11.9 Å². The number of nitrogens with one attached hydrogen (secondary N) is 1. The Hall–Kier alpha value is -2.45. The summed E-state index contributed by atoms with van der Waals surface area (Å²) in [6, 6.07) is 4.66. The van der Waals surface area contributed by atoms with E-state index in [4.69, 9.17) is 25.5 Å². The van der Waals surface area contributed by atoms with E-state index in [1.807, 2.05) is 0 Å². The van der Waals surface area contributed by atoms with Gasteiger partial charge in [-0.3, -0.25) is 9.59 Å². The summed E-state index contributed by atoms with van der Waals surface area (Å²) in [6.07, 6.45) is 3.68. The van der Waals surface area contributed by atoms with Gasteiger partial charge in [0.25, 0.3) is 5.91 Å². The lowest BCUT2D eigenvalue weighted by molar-refractivity contribution is -0.130. The number of halogens is 1. The van der Waals surface area contributed by atoms with E-state index < -0.39 is 6.10 Å². The third-order valence-electron chi connectivity index (χ3n) is 5.98. The summed E-state index contributed by atoms with van der Waals surface area (Å²) in [5.74, 6) is 1.52. The molecule has 8 nitrogen and oxygen atoms in total. The average Bonchev–Trinajstić information content (AvgIpc) is 3.17. The van der Waals surface area contributed by atoms with Crippen LogP contribution in [-0.2, 0) is 9.53 Å². The number of rotatable bonds is 4. The number of ketones is 1. The average molecular weight is 432 g/mol. The van der Waals surface area contributed by atoms with E-state index in [9.17, 15) is 9.59 Å². The van der Waals surface area contributed by atoms with Crippen molar-refractivity contribution in [3.05, 3.63) is 40.6 Å². The molecule has 30 heavy (non-hydrogen) atoms. The molecular formula is C21H22ClN3O5. The van der Waals surface area contributed by atoms with E-state index in [0.29, 0.717) is 53.5 Å². The zero-order valence-electron chi connectivity index (χ0n) is 16.3. The minimum atomic E-state index is -0.857. The highest BCUT2D eigenvalue weighted by atomic mass is 35.5. The zero-order valence-corrected chi connectivity index (χ0v) is 17.1. The number of ether oxygens (including phenoxy) is 2. The van der Waals surface area contributed by atoms with Crippen LogP contribution in [0.1, 0.15) is 72.7 Å². The molecule has 1 aromatic carbocycles. The van der Waals surface area contributed by atoms with Crippen LogP contribution < -0.4 is 10.1 Å². The van der Waals surface area contributed by atoms with Gasteiger partial charge < -0.3 is 19.2 Å². The molecule has 0 radical (unpaired) electrons. The Morgan fingerprint density at radius 2 is 1.97 bits per heavy atom. The third kappa shape index (κ3) is 3.81. The number of fused-ring (bicyclic) bond motifs is 1. The Morgan fingerprint density at radius 1 is 1.13 bits per heavy atom. The predicted octanol–water partition coefficient (Wildman–Crippen LogP) is 3.36. The van der Waals surface area contributed by atoms with Crippen molar-refractivity contribution in [2.24, 2.45) is 0 Å². The highest BCUT2D eigenvalue weighted by Crippen LogP contribution is 2.37. The number of aromatic nitrogens is 2. The van der Waals surface area contributed by atoms with Crippen molar-refractivity contribution in [1.29, 1.82) is 0 Å². The molecular weight excluding hydrogens is 410 g/mol. The molecule has 2 fully saturated rings. The second-order valence-electron chi connectivity index (χ2n) is 8.09. The minimum Gasteiger partial charge on any atom is -0.479 e. The highest BCUT2D eigenvalue weighted by Gasteiger charge is 2.35. The van der Waals surface area contributed by atoms with Crippen LogP contribution in [0.4, 0.5) is 0 Å². The molecule has 1 amide bonds. The second kappa shape index (κ2) is 8.00. The Balaban J connectivity index is 1.15. The molecule has 0 spiro atoms. The topological polar surface area (TPSA) is 104 Å². The summed E-state index contributed by atoms with van der Waals surface area (Å²) in [7, 11) is 0. The number of hydrogen-bond acceptors (Lipinski definition) is 7. The van der Waals surface area contributed by atoms with E-state index in [-0.39, 0.29) is 30.3 Å². The molecule has 3 heterocycles. The van der Waals surface area contributed by atoms with Crippen LogP contribution in [0.25, 0.3) is 0 Å². The van der Waals surface area contributed by atoms with E-state index in [1.165, 1.54) is 6.42 Å². The second-order valence-corrected chi connectivity index (χ2v) is 8.52. The molecule has 3 aliphatic rings. The number of carbonyl (C=O) groups is 2. The summed E-state index contributed by atoms with van der Waals surface area (Å²) in [4.78, 5) is 25.0. The van der Waals surface area contributed by atoms with Crippen LogP contribution >= 0.6 is 11.6 Å². The van der Waals surface area contributed by atoms with Gasteiger partial charge in [0.2, 0.25) is 11.8 Å². The van der Waals surface area contributed by atoms with Crippen molar-refractivity contribution >= 4 is 23.3 Å². The molecule has 1 aromatic heterocycles. The number of carbonyl (C=O) groups excluding carboxylic acids is 2. The number of amides is 1. The van der Waals surface area contributed by atoms with Crippen LogP contribution in [0.2, 0.25) is 5.02 Å². The van der Waals surface area contributed by atoms with E-state index in [1.54, 1.807) is 18.2 Å². The van der Waals surface area contributed by atoms with Gasteiger partial charge in [0, 0.05) is 10.9 Å². The van der Waals surface area contributed by atoms with Gasteiger partial charge in [-0.1, -0.05) is 18.0 Å². The molecule has 1 aliphatic carbocycles. The van der Waals surface area contributed by atoms with E-state index in [0.717, 1.165) is 12.8 Å². The first-order valence-electron chi connectivity index (χ1n) is 10.3. The van der Waals surface area contributed by atoms with Gasteiger partial charge in [-0.15, -0.1) is 10.2 Å². The third-order valence-corrected chi connectivity index (χ3v) is 6.22. The van der Waals surface area contributed by atoms with Crippen LogP contribution in [0.15, 0.2) is 22.6 Å². The molecule has 5 rings (SSSR count). The Kier molecular flexibility index (Phi) is 5.20. The first kappa shape index (κ1) is 19.5. The number of hydrogen-bond donors (Lipinski definition) is 1. The number of nitrogens with zero attached hydrogens (tertiary/aromatic N) is 2. The minimum absolute atomic E-state index is 0.0126. The molecule has 0 bridgehead atoms. The summed E-state index contributed by atoms with van der Waals surface area (Å²) in [6.45, 7) is 0.338. The first-order chi connectivity index (χ1) is 14.6. The fourth-order valence-electron chi connectivity index (χ4n) is 3.99. The van der Waals surface area contributed by atoms with Crippen LogP contribution in [0.5, 0.6) is 5.75 Å². The fourth-order valence-corrected chi connectivity index (χ4v) is 4.17. The normalized spacial score (nSPS) is 26.4. The lowest BCUT2D eigenvalue weighted by Gasteiger charge is -2.30. The van der Waals surface area contributed by atoms with E-state index >= 15 is 0 Å². The van der Waals surface area contributed by atoms with Crippen LogP contribution in [0, 0.1) is 0 Å². The van der Waals surface area contributed by atoms with E-state index in [2.05, 4.69) is 15.5 Å². The maximum absolute atomic E-state index is 12.6. The predicted molar refractivity (Wildman–Crippen MR) is 106 cm³/mol. The van der Waals surface area contributed by atoms with Gasteiger partial charge in [-0.05, 0) is 43.9 Å².